The van der Waals surface area contributed by atoms with Crippen molar-refractivity contribution in [3.05, 3.63) is 83.3 Å². The standard InChI is InChI=1S/C24H30N4O/c1-16-7-10-20(11-8-16)28-23(14-22(27-28)24(4,5)6)26-18(3)25-15-19-13-17(2)9-12-21(19)29/h7-14,25-26,29H,3,15H2,1-2,4-6H3. The monoisotopic (exact) mass is 390 g/mol. The third-order valence-corrected chi connectivity index (χ3v) is 4.76. The Morgan fingerprint density at radius 1 is 1.03 bits per heavy atom. The predicted octanol–water partition coefficient (Wildman–Crippen LogP) is 5.17. The molecule has 152 valence electrons. The Morgan fingerprint density at radius 3 is 2.34 bits per heavy atom. The molecule has 1 aromatic heterocycles. The Balaban J connectivity index is 1.81. The molecule has 0 amide bonds. The lowest BCUT2D eigenvalue weighted by atomic mass is 9.92. The lowest BCUT2D eigenvalue weighted by Gasteiger charge is -2.14. The Kier molecular flexibility index (Phi) is 5.69. The van der Waals surface area contributed by atoms with E-state index in [0.717, 1.165) is 28.3 Å². The molecule has 0 bridgehead atoms. The van der Waals surface area contributed by atoms with Gasteiger partial charge in [0.25, 0.3) is 0 Å². The molecule has 0 radical (unpaired) electrons. The summed E-state index contributed by atoms with van der Waals surface area (Å²) < 4.78 is 1.90. The second-order valence-corrected chi connectivity index (χ2v) is 8.50. The molecule has 3 aromatic rings. The molecule has 5 nitrogen and oxygen atoms in total. The van der Waals surface area contributed by atoms with Crippen molar-refractivity contribution < 1.29 is 5.11 Å². The van der Waals surface area contributed by atoms with Crippen LogP contribution in [0.5, 0.6) is 5.75 Å². The minimum atomic E-state index is -0.0749. The summed E-state index contributed by atoms with van der Waals surface area (Å²) in [5.74, 6) is 1.75. The van der Waals surface area contributed by atoms with Crippen LogP contribution < -0.4 is 10.6 Å². The van der Waals surface area contributed by atoms with Crippen LogP contribution in [0.15, 0.2) is 60.9 Å². The molecule has 0 saturated carbocycles. The van der Waals surface area contributed by atoms with Crippen LogP contribution >= 0.6 is 0 Å². The molecule has 29 heavy (non-hydrogen) atoms. The van der Waals surface area contributed by atoms with Gasteiger partial charge in [0.2, 0.25) is 0 Å². The van der Waals surface area contributed by atoms with E-state index in [9.17, 15) is 5.11 Å². The van der Waals surface area contributed by atoms with Crippen molar-refractivity contribution in [1.82, 2.24) is 15.1 Å². The van der Waals surface area contributed by atoms with Crippen LogP contribution in [0.1, 0.15) is 43.2 Å². The van der Waals surface area contributed by atoms with Crippen molar-refractivity contribution in [2.24, 2.45) is 0 Å². The number of benzene rings is 2. The summed E-state index contributed by atoms with van der Waals surface area (Å²) in [6.07, 6.45) is 0. The van der Waals surface area contributed by atoms with E-state index in [1.165, 1.54) is 5.56 Å². The molecule has 0 spiro atoms. The lowest BCUT2D eigenvalue weighted by Crippen LogP contribution is -2.19. The fraction of sp³-hybridized carbons (Fsp3) is 0.292. The first-order valence-electron chi connectivity index (χ1n) is 9.79. The molecule has 0 fully saturated rings. The summed E-state index contributed by atoms with van der Waals surface area (Å²) in [6, 6.07) is 15.9. The highest BCUT2D eigenvalue weighted by Gasteiger charge is 2.21. The number of aromatic hydroxyl groups is 1. The van der Waals surface area contributed by atoms with E-state index in [4.69, 9.17) is 5.10 Å². The van der Waals surface area contributed by atoms with Gasteiger partial charge >= 0.3 is 0 Å². The quantitative estimate of drug-likeness (QED) is 0.544. The van der Waals surface area contributed by atoms with Gasteiger partial charge in [0.1, 0.15) is 11.6 Å². The lowest BCUT2D eigenvalue weighted by molar-refractivity contribution is 0.466. The summed E-state index contributed by atoms with van der Waals surface area (Å²) in [7, 11) is 0. The molecular weight excluding hydrogens is 360 g/mol. The zero-order valence-corrected chi connectivity index (χ0v) is 17.9. The maximum Gasteiger partial charge on any atom is 0.135 e. The topological polar surface area (TPSA) is 62.1 Å². The number of nitrogens with one attached hydrogen (secondary N) is 2. The molecule has 0 saturated heterocycles. The van der Waals surface area contributed by atoms with Crippen LogP contribution in [-0.4, -0.2) is 14.9 Å². The number of nitrogens with zero attached hydrogens (tertiary/aromatic N) is 2. The number of phenols is 1. The van der Waals surface area contributed by atoms with Gasteiger partial charge in [0, 0.05) is 23.6 Å². The number of rotatable bonds is 6. The van der Waals surface area contributed by atoms with E-state index >= 15 is 0 Å². The molecular formula is C24H30N4O. The molecule has 0 aliphatic rings. The van der Waals surface area contributed by atoms with E-state index in [0.29, 0.717) is 12.4 Å². The summed E-state index contributed by atoms with van der Waals surface area (Å²) in [5, 5.41) is 21.4. The fourth-order valence-electron chi connectivity index (χ4n) is 2.98. The molecule has 0 atom stereocenters. The number of hydrogen-bond acceptors (Lipinski definition) is 4. The van der Waals surface area contributed by atoms with Crippen molar-refractivity contribution in [2.75, 3.05) is 5.32 Å². The molecule has 0 unspecified atom stereocenters. The van der Waals surface area contributed by atoms with E-state index in [1.807, 2.05) is 23.7 Å². The predicted molar refractivity (Wildman–Crippen MR) is 119 cm³/mol. The van der Waals surface area contributed by atoms with Crippen LogP contribution in [0.25, 0.3) is 5.69 Å². The van der Waals surface area contributed by atoms with Crippen molar-refractivity contribution in [3.63, 3.8) is 0 Å². The van der Waals surface area contributed by atoms with Crippen LogP contribution in [0.4, 0.5) is 5.82 Å². The van der Waals surface area contributed by atoms with Gasteiger partial charge < -0.3 is 15.7 Å². The van der Waals surface area contributed by atoms with Gasteiger partial charge in [-0.3, -0.25) is 0 Å². The molecule has 3 N–H and O–H groups in total. The average molecular weight is 391 g/mol. The maximum absolute atomic E-state index is 10.0. The first-order valence-corrected chi connectivity index (χ1v) is 9.79. The largest absolute Gasteiger partial charge is 0.508 e. The molecule has 1 heterocycles. The van der Waals surface area contributed by atoms with Crippen LogP contribution in [0, 0.1) is 13.8 Å². The second kappa shape index (κ2) is 8.03. The van der Waals surface area contributed by atoms with E-state index in [2.05, 4.69) is 75.2 Å². The van der Waals surface area contributed by atoms with Gasteiger partial charge in [-0.15, -0.1) is 0 Å². The number of anilines is 1. The highest BCUT2D eigenvalue weighted by Crippen LogP contribution is 2.27. The van der Waals surface area contributed by atoms with Gasteiger partial charge in [0.15, 0.2) is 0 Å². The summed E-state index contributed by atoms with van der Waals surface area (Å²) in [5.41, 5.74) is 5.04. The first kappa shape index (κ1) is 20.5. The van der Waals surface area contributed by atoms with Gasteiger partial charge in [-0.2, -0.15) is 5.10 Å². The normalized spacial score (nSPS) is 11.3. The average Bonchev–Trinajstić information content (AvgIpc) is 3.07. The first-order chi connectivity index (χ1) is 13.6. The van der Waals surface area contributed by atoms with Crippen molar-refractivity contribution in [1.29, 1.82) is 0 Å². The Labute approximate surface area is 173 Å². The summed E-state index contributed by atoms with van der Waals surface area (Å²) >= 11 is 0. The minimum Gasteiger partial charge on any atom is -0.508 e. The number of aryl methyl sites for hydroxylation is 2. The van der Waals surface area contributed by atoms with Crippen molar-refractivity contribution in [3.8, 4) is 11.4 Å². The van der Waals surface area contributed by atoms with Crippen LogP contribution in [0.3, 0.4) is 0 Å². The Morgan fingerprint density at radius 2 is 1.69 bits per heavy atom. The molecule has 5 heteroatoms. The van der Waals surface area contributed by atoms with Crippen LogP contribution in [0.2, 0.25) is 0 Å². The SMILES string of the molecule is C=C(NCc1cc(C)ccc1O)Nc1cc(C(C)(C)C)nn1-c1ccc(C)cc1. The number of aromatic nitrogens is 2. The second-order valence-electron chi connectivity index (χ2n) is 8.50. The zero-order chi connectivity index (χ0) is 21.2. The fourth-order valence-corrected chi connectivity index (χ4v) is 2.98. The van der Waals surface area contributed by atoms with Crippen molar-refractivity contribution in [2.45, 2.75) is 46.6 Å². The Hall–Kier alpha value is -3.21. The van der Waals surface area contributed by atoms with Crippen molar-refractivity contribution >= 4 is 5.82 Å². The zero-order valence-electron chi connectivity index (χ0n) is 17.9. The van der Waals surface area contributed by atoms with E-state index in [1.54, 1.807) is 6.07 Å². The highest BCUT2D eigenvalue weighted by molar-refractivity contribution is 5.50. The van der Waals surface area contributed by atoms with E-state index < -0.39 is 0 Å². The van der Waals surface area contributed by atoms with E-state index in [-0.39, 0.29) is 11.2 Å². The van der Waals surface area contributed by atoms with Gasteiger partial charge in [-0.05, 0) is 32.0 Å². The maximum atomic E-state index is 10.0. The molecule has 0 aliphatic carbocycles. The highest BCUT2D eigenvalue weighted by atomic mass is 16.3. The van der Waals surface area contributed by atoms with Gasteiger partial charge in [0.05, 0.1) is 17.2 Å². The summed E-state index contributed by atoms with van der Waals surface area (Å²) in [4.78, 5) is 0. The third kappa shape index (κ3) is 4.99. The molecule has 0 aliphatic heterocycles. The molecule has 2 aromatic carbocycles. The third-order valence-electron chi connectivity index (χ3n) is 4.76. The minimum absolute atomic E-state index is 0.0749. The molecule has 3 rings (SSSR count). The number of phenolic OH excluding ortho intramolecular Hbond substituents is 1. The number of hydrogen-bond donors (Lipinski definition) is 3. The van der Waals surface area contributed by atoms with Crippen LogP contribution in [-0.2, 0) is 12.0 Å². The Bertz CT molecular complexity index is 1010. The summed E-state index contributed by atoms with van der Waals surface area (Å²) in [6.45, 7) is 15.1. The van der Waals surface area contributed by atoms with Gasteiger partial charge in [-0.1, -0.05) is 62.7 Å². The van der Waals surface area contributed by atoms with Gasteiger partial charge in [-0.25, -0.2) is 4.68 Å². The smallest absolute Gasteiger partial charge is 0.135 e.